The van der Waals surface area contributed by atoms with Crippen LogP contribution in [0.1, 0.15) is 38.7 Å². The Bertz CT molecular complexity index is 746. The Morgan fingerprint density at radius 3 is 2.53 bits per heavy atom. The molecule has 1 saturated heterocycles. The first kappa shape index (κ1) is 24.2. The zero-order valence-corrected chi connectivity index (χ0v) is 20.3. The van der Waals surface area contributed by atoms with Gasteiger partial charge in [-0.3, -0.25) is 0 Å². The summed E-state index contributed by atoms with van der Waals surface area (Å²) in [7, 11) is 0. The molecule has 164 valence electrons. The monoisotopic (exact) mass is 523 g/mol. The first-order chi connectivity index (χ1) is 14.3. The molecular weight excluding hydrogens is 489 g/mol. The van der Waals surface area contributed by atoms with E-state index < -0.39 is 0 Å². The molecule has 2 aromatic rings. The number of halogens is 1. The summed E-state index contributed by atoms with van der Waals surface area (Å²) in [5, 5.41) is 6.97. The molecule has 1 aromatic carbocycles. The average Bonchev–Trinajstić information content (AvgIpc) is 2.78. The van der Waals surface area contributed by atoms with Gasteiger partial charge in [0.05, 0.1) is 13.2 Å². The summed E-state index contributed by atoms with van der Waals surface area (Å²) in [5.74, 6) is 1.55. The number of hydrogen-bond donors (Lipinski definition) is 2. The summed E-state index contributed by atoms with van der Waals surface area (Å²) in [6.45, 7) is 8.44. The van der Waals surface area contributed by atoms with E-state index in [1.807, 2.05) is 18.3 Å². The van der Waals surface area contributed by atoms with Crippen molar-refractivity contribution >= 4 is 35.6 Å². The fraction of sp³-hybridized carbons (Fsp3) is 0.478. The fourth-order valence-corrected chi connectivity index (χ4v) is 3.40. The Hall–Kier alpha value is -2.03. The predicted octanol–water partition coefficient (Wildman–Crippen LogP) is 4.21. The molecule has 6 nitrogen and oxygen atoms in total. The van der Waals surface area contributed by atoms with Crippen molar-refractivity contribution in [2.75, 3.05) is 31.1 Å². The third-order valence-electron chi connectivity index (χ3n) is 4.97. The van der Waals surface area contributed by atoms with Crippen molar-refractivity contribution in [2.24, 2.45) is 4.99 Å². The highest BCUT2D eigenvalue weighted by Gasteiger charge is 2.20. The molecule has 1 aliphatic rings. The molecule has 0 amide bonds. The minimum atomic E-state index is 0. The maximum absolute atomic E-state index is 5.54. The van der Waals surface area contributed by atoms with Crippen molar-refractivity contribution in [3.63, 3.8) is 0 Å². The molecule has 7 heteroatoms. The summed E-state index contributed by atoms with van der Waals surface area (Å²) in [4.78, 5) is 11.6. The summed E-state index contributed by atoms with van der Waals surface area (Å²) in [6, 6.07) is 15.0. The highest BCUT2D eigenvalue weighted by atomic mass is 127. The predicted molar refractivity (Wildman–Crippen MR) is 135 cm³/mol. The Morgan fingerprint density at radius 1 is 1.13 bits per heavy atom. The number of pyridine rings is 1. The zero-order chi connectivity index (χ0) is 20.3. The number of hydrogen-bond acceptors (Lipinski definition) is 4. The van der Waals surface area contributed by atoms with Gasteiger partial charge < -0.3 is 20.3 Å². The Labute approximate surface area is 197 Å². The van der Waals surface area contributed by atoms with Crippen LogP contribution in [0, 0.1) is 0 Å². The molecule has 0 radical (unpaired) electrons. The minimum Gasteiger partial charge on any atom is -0.478 e. The number of anilines is 1. The Kier molecular flexibility index (Phi) is 10.8. The smallest absolute Gasteiger partial charge is 0.213 e. The van der Waals surface area contributed by atoms with Crippen molar-refractivity contribution in [3.8, 4) is 5.88 Å². The zero-order valence-electron chi connectivity index (χ0n) is 18.0. The normalized spacial score (nSPS) is 14.7. The lowest BCUT2D eigenvalue weighted by Gasteiger charge is -2.34. The fourth-order valence-electron chi connectivity index (χ4n) is 3.40. The number of nitrogens with zero attached hydrogens (tertiary/aromatic N) is 3. The van der Waals surface area contributed by atoms with Crippen LogP contribution < -0.4 is 20.3 Å². The minimum absolute atomic E-state index is 0. The number of benzene rings is 1. The van der Waals surface area contributed by atoms with E-state index in [4.69, 9.17) is 9.73 Å². The van der Waals surface area contributed by atoms with E-state index >= 15 is 0 Å². The van der Waals surface area contributed by atoms with Crippen LogP contribution >= 0.6 is 24.0 Å². The van der Waals surface area contributed by atoms with Gasteiger partial charge in [-0.05, 0) is 43.9 Å². The maximum atomic E-state index is 5.54. The summed E-state index contributed by atoms with van der Waals surface area (Å²) in [5.41, 5.74) is 2.38. The van der Waals surface area contributed by atoms with Crippen LogP contribution in [0.2, 0.25) is 0 Å². The highest BCUT2D eigenvalue weighted by molar-refractivity contribution is 14.0. The van der Waals surface area contributed by atoms with E-state index in [-0.39, 0.29) is 24.0 Å². The van der Waals surface area contributed by atoms with E-state index in [9.17, 15) is 0 Å². The van der Waals surface area contributed by atoms with Gasteiger partial charge in [-0.25, -0.2) is 9.98 Å². The molecular formula is C23H34IN5O. The van der Waals surface area contributed by atoms with Gasteiger partial charge in [-0.15, -0.1) is 24.0 Å². The van der Waals surface area contributed by atoms with Gasteiger partial charge >= 0.3 is 0 Å². The van der Waals surface area contributed by atoms with Crippen LogP contribution in [-0.4, -0.2) is 43.2 Å². The van der Waals surface area contributed by atoms with Gasteiger partial charge in [-0.2, -0.15) is 0 Å². The van der Waals surface area contributed by atoms with E-state index in [0.29, 0.717) is 25.1 Å². The average molecular weight is 523 g/mol. The van der Waals surface area contributed by atoms with Crippen LogP contribution in [0.25, 0.3) is 0 Å². The molecule has 0 unspecified atom stereocenters. The molecule has 0 saturated carbocycles. The van der Waals surface area contributed by atoms with Gasteiger partial charge in [0.25, 0.3) is 0 Å². The summed E-state index contributed by atoms with van der Waals surface area (Å²) >= 11 is 0. The molecule has 2 heterocycles. The van der Waals surface area contributed by atoms with E-state index in [0.717, 1.165) is 50.4 Å². The van der Waals surface area contributed by atoms with Gasteiger partial charge in [0.15, 0.2) is 5.96 Å². The molecule has 0 spiro atoms. The molecule has 1 aliphatic heterocycles. The number of ether oxygens (including phenoxy) is 1. The lowest BCUT2D eigenvalue weighted by Crippen LogP contribution is -2.48. The van der Waals surface area contributed by atoms with E-state index in [1.54, 1.807) is 0 Å². The van der Waals surface area contributed by atoms with Crippen LogP contribution in [0.4, 0.5) is 5.69 Å². The van der Waals surface area contributed by atoms with Crippen LogP contribution in [-0.2, 0) is 6.54 Å². The second kappa shape index (κ2) is 13.3. The molecule has 0 aliphatic carbocycles. The van der Waals surface area contributed by atoms with Gasteiger partial charge in [-0.1, -0.05) is 31.2 Å². The third kappa shape index (κ3) is 7.66. The second-order valence-corrected chi connectivity index (χ2v) is 7.29. The molecule has 2 N–H and O–H groups in total. The number of piperidine rings is 1. The molecule has 1 aromatic heterocycles. The largest absolute Gasteiger partial charge is 0.478 e. The van der Waals surface area contributed by atoms with Crippen LogP contribution in [0.15, 0.2) is 53.7 Å². The number of aromatic nitrogens is 1. The van der Waals surface area contributed by atoms with E-state index in [1.165, 1.54) is 5.69 Å². The number of rotatable bonds is 8. The molecule has 30 heavy (non-hydrogen) atoms. The van der Waals surface area contributed by atoms with Crippen molar-refractivity contribution in [2.45, 2.75) is 45.7 Å². The molecule has 3 rings (SSSR count). The van der Waals surface area contributed by atoms with Crippen LogP contribution in [0.5, 0.6) is 5.88 Å². The Morgan fingerprint density at radius 2 is 1.90 bits per heavy atom. The summed E-state index contributed by atoms with van der Waals surface area (Å²) in [6.07, 6.45) is 5.03. The second-order valence-electron chi connectivity index (χ2n) is 7.29. The van der Waals surface area contributed by atoms with Crippen LogP contribution in [0.3, 0.4) is 0 Å². The number of aliphatic imine (C=N–C) groups is 1. The molecule has 0 bridgehead atoms. The first-order valence-electron chi connectivity index (χ1n) is 10.7. The topological polar surface area (TPSA) is 61.8 Å². The molecule has 0 atom stereocenters. The lowest BCUT2D eigenvalue weighted by atomic mass is 10.0. The van der Waals surface area contributed by atoms with Gasteiger partial charge in [0.1, 0.15) is 0 Å². The third-order valence-corrected chi connectivity index (χ3v) is 4.97. The van der Waals surface area contributed by atoms with E-state index in [2.05, 4.69) is 64.7 Å². The quantitative estimate of drug-likeness (QED) is 0.309. The maximum Gasteiger partial charge on any atom is 0.213 e. The van der Waals surface area contributed by atoms with Crippen molar-refractivity contribution < 1.29 is 4.74 Å². The number of para-hydroxylation sites is 1. The standard InChI is InChI=1S/C23H33N5O.HI/c1-3-16-29-22-11-10-19(17-25-22)18-26-23(24-4-2)27-20-12-14-28(15-13-20)21-8-6-5-7-9-21;/h5-11,17,20H,3-4,12-16,18H2,1-2H3,(H2,24,26,27);1H. The summed E-state index contributed by atoms with van der Waals surface area (Å²) < 4.78 is 5.54. The molecule has 1 fully saturated rings. The highest BCUT2D eigenvalue weighted by Crippen LogP contribution is 2.19. The first-order valence-corrected chi connectivity index (χ1v) is 10.7. The Balaban J connectivity index is 0.00000320. The van der Waals surface area contributed by atoms with Crippen molar-refractivity contribution in [1.82, 2.24) is 15.6 Å². The number of nitrogens with one attached hydrogen (secondary N) is 2. The lowest BCUT2D eigenvalue weighted by molar-refractivity contribution is 0.305. The van der Waals surface area contributed by atoms with Crippen molar-refractivity contribution in [1.29, 1.82) is 0 Å². The number of guanidine groups is 1. The van der Waals surface area contributed by atoms with Crippen molar-refractivity contribution in [3.05, 3.63) is 54.2 Å². The van der Waals surface area contributed by atoms with Gasteiger partial charge in [0.2, 0.25) is 5.88 Å². The van der Waals surface area contributed by atoms with Gasteiger partial charge in [0, 0.05) is 43.6 Å². The SMILES string of the molecule is CCCOc1ccc(CN=C(NCC)NC2CCN(c3ccccc3)CC2)cn1.I.